The second kappa shape index (κ2) is 12.2. The van der Waals surface area contributed by atoms with E-state index in [1.165, 1.54) is 11.1 Å². The molecule has 4 nitrogen and oxygen atoms in total. The Labute approximate surface area is 192 Å². The number of halogens is 1. The lowest BCUT2D eigenvalue weighted by Gasteiger charge is -2.29. The lowest BCUT2D eigenvalue weighted by atomic mass is 10.1. The van der Waals surface area contributed by atoms with Crippen molar-refractivity contribution in [2.45, 2.75) is 58.5 Å². The molecule has 2 atom stereocenters. The molecule has 1 N–H and O–H groups in total. The lowest BCUT2D eigenvalue weighted by Crippen LogP contribution is -2.50. The number of nitrogens with zero attached hydrogens (tertiary/aromatic N) is 1. The average molecular weight is 491 g/mol. The first-order valence-electron chi connectivity index (χ1n) is 10.3. The monoisotopic (exact) mass is 490 g/mol. The van der Waals surface area contributed by atoms with Crippen molar-refractivity contribution in [1.82, 2.24) is 10.2 Å². The van der Waals surface area contributed by atoms with Gasteiger partial charge in [0.1, 0.15) is 6.04 Å². The highest BCUT2D eigenvalue weighted by Crippen LogP contribution is 2.19. The van der Waals surface area contributed by atoms with Crippen LogP contribution < -0.4 is 5.32 Å². The van der Waals surface area contributed by atoms with Gasteiger partial charge in [-0.05, 0) is 56.0 Å². The molecular formula is C24H31BrN2O2S. The fourth-order valence-corrected chi connectivity index (χ4v) is 4.19. The van der Waals surface area contributed by atoms with Crippen molar-refractivity contribution in [2.24, 2.45) is 0 Å². The van der Waals surface area contributed by atoms with E-state index in [-0.39, 0.29) is 17.9 Å². The minimum absolute atomic E-state index is 0.0247. The highest BCUT2D eigenvalue weighted by molar-refractivity contribution is 9.10. The van der Waals surface area contributed by atoms with Crippen molar-refractivity contribution in [2.75, 3.05) is 5.75 Å². The molecule has 0 heterocycles. The molecule has 2 aromatic rings. The quantitative estimate of drug-likeness (QED) is 0.489. The third-order valence-electron chi connectivity index (χ3n) is 5.18. The van der Waals surface area contributed by atoms with Crippen LogP contribution in [-0.4, -0.2) is 34.6 Å². The number of thioether (sulfide) groups is 1. The van der Waals surface area contributed by atoms with Gasteiger partial charge in [0.25, 0.3) is 0 Å². The molecule has 0 aliphatic carbocycles. The van der Waals surface area contributed by atoms with E-state index < -0.39 is 6.04 Å². The molecule has 0 radical (unpaired) electrons. The third kappa shape index (κ3) is 7.47. The fraction of sp³-hybridized carbons (Fsp3) is 0.417. The fourth-order valence-electron chi connectivity index (χ4n) is 2.94. The maximum absolute atomic E-state index is 13.1. The van der Waals surface area contributed by atoms with Crippen LogP contribution in [0.1, 0.15) is 43.9 Å². The van der Waals surface area contributed by atoms with E-state index in [9.17, 15) is 9.59 Å². The Balaban J connectivity index is 2.08. The minimum atomic E-state index is -0.533. The lowest BCUT2D eigenvalue weighted by molar-refractivity contribution is -0.138. The van der Waals surface area contributed by atoms with Gasteiger partial charge in [0, 0.05) is 22.8 Å². The molecule has 0 saturated heterocycles. The number of benzene rings is 2. The average Bonchev–Trinajstić information content (AvgIpc) is 2.73. The van der Waals surface area contributed by atoms with Crippen molar-refractivity contribution in [3.8, 4) is 0 Å². The van der Waals surface area contributed by atoms with Crippen LogP contribution in [0.5, 0.6) is 0 Å². The number of nitrogens with one attached hydrogen (secondary N) is 1. The Morgan fingerprint density at radius 2 is 1.77 bits per heavy atom. The molecule has 0 unspecified atom stereocenters. The van der Waals surface area contributed by atoms with Crippen LogP contribution in [0.3, 0.4) is 0 Å². The minimum Gasteiger partial charge on any atom is -0.352 e. The van der Waals surface area contributed by atoms with E-state index in [0.29, 0.717) is 12.3 Å². The predicted octanol–water partition coefficient (Wildman–Crippen LogP) is 5.32. The highest BCUT2D eigenvalue weighted by Gasteiger charge is 2.26. The maximum atomic E-state index is 13.1. The number of hydrogen-bond donors (Lipinski definition) is 1. The van der Waals surface area contributed by atoms with Gasteiger partial charge in [-0.15, -0.1) is 11.8 Å². The summed E-state index contributed by atoms with van der Waals surface area (Å²) in [5.41, 5.74) is 3.46. The zero-order valence-electron chi connectivity index (χ0n) is 18.2. The van der Waals surface area contributed by atoms with Gasteiger partial charge in [-0.25, -0.2) is 0 Å². The Hall–Kier alpha value is -1.79. The molecule has 0 aromatic heterocycles. The Kier molecular flexibility index (Phi) is 9.92. The van der Waals surface area contributed by atoms with E-state index >= 15 is 0 Å². The Morgan fingerprint density at radius 3 is 2.40 bits per heavy atom. The van der Waals surface area contributed by atoms with Crippen molar-refractivity contribution in [3.05, 3.63) is 69.7 Å². The molecule has 2 rings (SSSR count). The van der Waals surface area contributed by atoms with Gasteiger partial charge >= 0.3 is 0 Å². The number of rotatable bonds is 10. The summed E-state index contributed by atoms with van der Waals surface area (Å²) in [7, 11) is 0. The van der Waals surface area contributed by atoms with Gasteiger partial charge in [0.2, 0.25) is 11.8 Å². The van der Waals surface area contributed by atoms with Crippen LogP contribution in [-0.2, 0) is 21.9 Å². The summed E-state index contributed by atoms with van der Waals surface area (Å²) in [5, 5.41) is 3.00. The summed E-state index contributed by atoms with van der Waals surface area (Å²) in [6, 6.07) is 15.6. The van der Waals surface area contributed by atoms with Gasteiger partial charge < -0.3 is 10.2 Å². The van der Waals surface area contributed by atoms with E-state index in [1.54, 1.807) is 23.6 Å². The zero-order chi connectivity index (χ0) is 22.1. The molecule has 0 aliphatic rings. The standard InChI is InChI=1S/C24H31BrN2O2S/c1-5-18(3)26-24(29)19(4)27(14-20-10-12-22(25)13-11-20)23(28)16-30-15-21-9-7-6-8-17(21)2/h6-13,18-19H,5,14-16H2,1-4H3,(H,26,29)/t18-,19-/m1/s1. The summed E-state index contributed by atoms with van der Waals surface area (Å²) < 4.78 is 0.987. The summed E-state index contributed by atoms with van der Waals surface area (Å²) in [6.07, 6.45) is 0.853. The van der Waals surface area contributed by atoms with Crippen LogP contribution in [0.4, 0.5) is 0 Å². The number of carbonyl (C=O) groups excluding carboxylic acids is 2. The normalized spacial score (nSPS) is 12.8. The number of hydrogen-bond acceptors (Lipinski definition) is 3. The maximum Gasteiger partial charge on any atom is 0.242 e. The van der Waals surface area contributed by atoms with E-state index in [4.69, 9.17) is 0 Å². The van der Waals surface area contributed by atoms with Gasteiger partial charge in [0.05, 0.1) is 5.75 Å². The summed E-state index contributed by atoms with van der Waals surface area (Å²) in [6.45, 7) is 8.30. The number of aryl methyl sites for hydroxylation is 1. The molecule has 0 aliphatic heterocycles. The van der Waals surface area contributed by atoms with Crippen LogP contribution in [0.25, 0.3) is 0 Å². The molecular weight excluding hydrogens is 460 g/mol. The highest BCUT2D eigenvalue weighted by atomic mass is 79.9. The molecule has 0 saturated carbocycles. The van der Waals surface area contributed by atoms with E-state index in [2.05, 4.69) is 40.3 Å². The molecule has 6 heteroatoms. The van der Waals surface area contributed by atoms with Gasteiger partial charge in [-0.3, -0.25) is 9.59 Å². The summed E-state index contributed by atoms with van der Waals surface area (Å²) in [5.74, 6) is 0.978. The molecule has 162 valence electrons. The zero-order valence-corrected chi connectivity index (χ0v) is 20.6. The van der Waals surface area contributed by atoms with Crippen LogP contribution in [0.15, 0.2) is 53.0 Å². The molecule has 0 fully saturated rings. The Morgan fingerprint density at radius 1 is 1.10 bits per heavy atom. The molecule has 2 amide bonds. The first-order chi connectivity index (χ1) is 14.3. The van der Waals surface area contributed by atoms with Crippen LogP contribution >= 0.6 is 27.7 Å². The number of carbonyl (C=O) groups is 2. The molecule has 0 bridgehead atoms. The predicted molar refractivity (Wildman–Crippen MR) is 129 cm³/mol. The third-order valence-corrected chi connectivity index (χ3v) is 6.67. The van der Waals surface area contributed by atoms with E-state index in [0.717, 1.165) is 22.2 Å². The summed E-state index contributed by atoms with van der Waals surface area (Å²) in [4.78, 5) is 27.5. The van der Waals surface area contributed by atoms with Gasteiger partial charge in [-0.2, -0.15) is 0 Å². The smallest absolute Gasteiger partial charge is 0.242 e. The van der Waals surface area contributed by atoms with Gasteiger partial charge in [-0.1, -0.05) is 59.3 Å². The molecule has 0 spiro atoms. The van der Waals surface area contributed by atoms with Crippen molar-refractivity contribution in [3.63, 3.8) is 0 Å². The van der Waals surface area contributed by atoms with Crippen molar-refractivity contribution < 1.29 is 9.59 Å². The largest absolute Gasteiger partial charge is 0.352 e. The van der Waals surface area contributed by atoms with Crippen molar-refractivity contribution >= 4 is 39.5 Å². The second-order valence-electron chi connectivity index (χ2n) is 7.56. The Bertz CT molecular complexity index is 841. The van der Waals surface area contributed by atoms with Crippen molar-refractivity contribution in [1.29, 1.82) is 0 Å². The second-order valence-corrected chi connectivity index (χ2v) is 9.46. The molecule has 2 aromatic carbocycles. The topological polar surface area (TPSA) is 49.4 Å². The van der Waals surface area contributed by atoms with E-state index in [1.807, 2.05) is 50.2 Å². The van der Waals surface area contributed by atoms with Crippen LogP contribution in [0.2, 0.25) is 0 Å². The molecule has 30 heavy (non-hydrogen) atoms. The number of amides is 2. The van der Waals surface area contributed by atoms with Crippen LogP contribution in [0, 0.1) is 6.92 Å². The summed E-state index contributed by atoms with van der Waals surface area (Å²) >= 11 is 5.03. The first kappa shape index (κ1) is 24.5. The van der Waals surface area contributed by atoms with Gasteiger partial charge in [0.15, 0.2) is 0 Å². The first-order valence-corrected chi connectivity index (χ1v) is 12.2. The SMILES string of the molecule is CC[C@@H](C)NC(=O)[C@@H](C)N(Cc1ccc(Br)cc1)C(=O)CSCc1ccccc1C.